The van der Waals surface area contributed by atoms with Gasteiger partial charge in [0.15, 0.2) is 0 Å². The molecule has 0 aliphatic carbocycles. The van der Waals surface area contributed by atoms with Crippen molar-refractivity contribution in [2.45, 2.75) is 48.5 Å². The van der Waals surface area contributed by atoms with Crippen molar-refractivity contribution in [2.24, 2.45) is 0 Å². The zero-order valence-electron chi connectivity index (χ0n) is 17.7. The van der Waals surface area contributed by atoms with Crippen molar-refractivity contribution in [3.63, 3.8) is 0 Å². The number of carbonyl (C=O) groups excluding carboxylic acids is 1. The van der Waals surface area contributed by atoms with Gasteiger partial charge in [0.2, 0.25) is 0 Å². The second kappa shape index (κ2) is 13.9. The minimum Gasteiger partial charge on any atom is -0.322 e. The quantitative estimate of drug-likeness (QED) is 0.568. The van der Waals surface area contributed by atoms with Gasteiger partial charge in [-0.2, -0.15) is 0 Å². The molecule has 0 saturated carbocycles. The minimum absolute atomic E-state index is 0.0937. The van der Waals surface area contributed by atoms with Crippen molar-refractivity contribution in [1.82, 2.24) is 0 Å². The molecule has 0 aromatic heterocycles. The number of hydrogen-bond donors (Lipinski definition) is 1. The number of nitrogens with one attached hydrogen (secondary N) is 1. The summed E-state index contributed by atoms with van der Waals surface area (Å²) >= 11 is 1.61. The van der Waals surface area contributed by atoms with Crippen LogP contribution in [0.5, 0.6) is 0 Å². The molecule has 2 aromatic rings. The van der Waals surface area contributed by atoms with Crippen molar-refractivity contribution in [3.05, 3.63) is 82.1 Å². The number of aryl methyl sites for hydroxylation is 1. The summed E-state index contributed by atoms with van der Waals surface area (Å²) in [5.41, 5.74) is 4.76. The van der Waals surface area contributed by atoms with Crippen LogP contribution in [0.25, 0.3) is 5.57 Å². The summed E-state index contributed by atoms with van der Waals surface area (Å²) in [5.74, 6) is -0.0937. The first-order chi connectivity index (χ1) is 13.0. The highest BCUT2D eigenvalue weighted by Gasteiger charge is 2.06. The van der Waals surface area contributed by atoms with E-state index in [9.17, 15) is 4.79 Å². The first-order valence-electron chi connectivity index (χ1n) is 9.43. The fourth-order valence-corrected chi connectivity index (χ4v) is 2.60. The van der Waals surface area contributed by atoms with Crippen molar-refractivity contribution in [1.29, 1.82) is 0 Å². The van der Waals surface area contributed by atoms with Gasteiger partial charge >= 0.3 is 0 Å². The molecule has 0 aliphatic heterocycles. The van der Waals surface area contributed by atoms with Gasteiger partial charge in [-0.25, -0.2) is 0 Å². The van der Waals surface area contributed by atoms with Crippen LogP contribution >= 0.6 is 11.8 Å². The normalized spacial score (nSPS) is 9.96. The van der Waals surface area contributed by atoms with Gasteiger partial charge in [0.05, 0.1) is 0 Å². The molecule has 1 N–H and O–H groups in total. The fourth-order valence-electron chi connectivity index (χ4n) is 2.09. The van der Waals surface area contributed by atoms with E-state index in [1.54, 1.807) is 11.8 Å². The predicted molar refractivity (Wildman–Crippen MR) is 124 cm³/mol. The predicted octanol–water partition coefficient (Wildman–Crippen LogP) is 7.93. The highest BCUT2D eigenvalue weighted by atomic mass is 32.2. The van der Waals surface area contributed by atoms with E-state index in [4.69, 9.17) is 0 Å². The van der Waals surface area contributed by atoms with Crippen molar-refractivity contribution in [3.8, 4) is 0 Å². The van der Waals surface area contributed by atoms with Gasteiger partial charge in [0, 0.05) is 11.3 Å². The van der Waals surface area contributed by atoms with Crippen LogP contribution in [0.1, 0.15) is 63.0 Å². The van der Waals surface area contributed by atoms with E-state index < -0.39 is 0 Å². The monoisotopic (exact) mass is 383 g/mol. The third-order valence-electron chi connectivity index (χ3n) is 3.29. The summed E-state index contributed by atoms with van der Waals surface area (Å²) in [7, 11) is 0. The molecule has 0 heterocycles. The Labute approximate surface area is 169 Å². The van der Waals surface area contributed by atoms with Gasteiger partial charge < -0.3 is 5.32 Å². The van der Waals surface area contributed by atoms with Crippen LogP contribution in [-0.2, 0) is 0 Å². The van der Waals surface area contributed by atoms with Crippen LogP contribution in [0, 0.1) is 6.92 Å². The zero-order chi connectivity index (χ0) is 20.8. The minimum atomic E-state index is -0.0937. The van der Waals surface area contributed by atoms with E-state index in [1.807, 2.05) is 90.1 Å². The Bertz CT molecular complexity index is 762. The molecule has 0 atom stereocenters. The summed E-state index contributed by atoms with van der Waals surface area (Å²) < 4.78 is 0. The molecule has 2 nitrogen and oxygen atoms in total. The summed E-state index contributed by atoms with van der Waals surface area (Å²) in [4.78, 5) is 13.4. The molecule has 0 fully saturated rings. The molecular formula is C24H33NOS. The van der Waals surface area contributed by atoms with Crippen LogP contribution in [0.4, 0.5) is 5.69 Å². The van der Waals surface area contributed by atoms with Gasteiger partial charge in [0.1, 0.15) is 0 Å². The topological polar surface area (TPSA) is 29.1 Å². The Balaban J connectivity index is 0.00000158. The summed E-state index contributed by atoms with van der Waals surface area (Å²) in [6, 6.07) is 15.4. The summed E-state index contributed by atoms with van der Waals surface area (Å²) in [6.45, 7) is 17.9. The lowest BCUT2D eigenvalue weighted by molar-refractivity contribution is 0.102. The third-order valence-corrected chi connectivity index (χ3v) is 4.17. The average molecular weight is 384 g/mol. The van der Waals surface area contributed by atoms with E-state index in [2.05, 4.69) is 24.2 Å². The van der Waals surface area contributed by atoms with Gasteiger partial charge in [-0.1, -0.05) is 64.1 Å². The second-order valence-corrected chi connectivity index (χ2v) is 6.69. The number of hydrogen-bond acceptors (Lipinski definition) is 2. The van der Waals surface area contributed by atoms with E-state index in [0.29, 0.717) is 5.56 Å². The molecule has 1 amide bonds. The molecule has 3 heteroatoms. The van der Waals surface area contributed by atoms with Crippen LogP contribution in [0.2, 0.25) is 0 Å². The fraction of sp³-hybridized carbons (Fsp3) is 0.292. The van der Waals surface area contributed by atoms with Gasteiger partial charge in [-0.15, -0.1) is 11.8 Å². The molecule has 0 bridgehead atoms. The molecule has 27 heavy (non-hydrogen) atoms. The number of carbonyl (C=O) groups is 1. The number of rotatable bonds is 5. The Morgan fingerprint density at radius 2 is 1.56 bits per heavy atom. The van der Waals surface area contributed by atoms with E-state index >= 15 is 0 Å². The number of amides is 1. The maximum Gasteiger partial charge on any atom is 0.255 e. The van der Waals surface area contributed by atoms with Gasteiger partial charge in [-0.05, 0) is 66.5 Å². The molecule has 2 aromatic carbocycles. The summed E-state index contributed by atoms with van der Waals surface area (Å²) in [6.07, 6.45) is 0. The Kier molecular flexibility index (Phi) is 12.7. The second-order valence-electron chi connectivity index (χ2n) is 5.53. The third kappa shape index (κ3) is 9.30. The molecule has 2 rings (SSSR count). The average Bonchev–Trinajstić information content (AvgIpc) is 2.69. The Morgan fingerprint density at radius 3 is 2.15 bits per heavy atom. The largest absolute Gasteiger partial charge is 0.322 e. The lowest BCUT2D eigenvalue weighted by Crippen LogP contribution is -2.12. The number of benzene rings is 2. The first kappa shape index (κ1) is 24.7. The van der Waals surface area contributed by atoms with Crippen molar-refractivity contribution >= 4 is 28.9 Å². The molecule has 0 spiro atoms. The molecule has 0 radical (unpaired) electrons. The van der Waals surface area contributed by atoms with Crippen LogP contribution in [0.15, 0.2) is 65.4 Å². The first-order valence-corrected chi connectivity index (χ1v) is 10.3. The number of thioether (sulfide) groups is 1. The van der Waals surface area contributed by atoms with Crippen LogP contribution < -0.4 is 5.32 Å². The van der Waals surface area contributed by atoms with E-state index in [0.717, 1.165) is 27.3 Å². The zero-order valence-corrected chi connectivity index (χ0v) is 18.5. The van der Waals surface area contributed by atoms with Crippen molar-refractivity contribution < 1.29 is 4.79 Å². The van der Waals surface area contributed by atoms with Crippen LogP contribution in [0.3, 0.4) is 0 Å². The number of anilines is 1. The maximum absolute atomic E-state index is 12.3. The Hall–Kier alpha value is -2.26. The SMILES string of the molecule is C=C(C)S/C=C(\C)c1cccc(NC(=O)c2cccc(C)c2)c1.CC.CC. The van der Waals surface area contributed by atoms with Gasteiger partial charge in [-0.3, -0.25) is 4.79 Å². The van der Waals surface area contributed by atoms with E-state index in [-0.39, 0.29) is 5.91 Å². The Morgan fingerprint density at radius 1 is 0.963 bits per heavy atom. The molecule has 0 aliphatic rings. The lowest BCUT2D eigenvalue weighted by atomic mass is 10.1. The molecule has 0 unspecified atom stereocenters. The smallest absolute Gasteiger partial charge is 0.255 e. The molecule has 0 saturated heterocycles. The maximum atomic E-state index is 12.3. The van der Waals surface area contributed by atoms with Gasteiger partial charge in [0.25, 0.3) is 5.91 Å². The number of allylic oxidation sites excluding steroid dienone is 2. The molecule has 146 valence electrons. The van der Waals surface area contributed by atoms with E-state index in [1.165, 1.54) is 0 Å². The standard InChI is InChI=1S/C20H21NOS.2C2H6/c1-14(2)23-13-16(4)17-8-6-10-19(12-17)21-20(22)18-9-5-7-15(3)11-18;2*1-2/h5-13H,1H2,2-4H3,(H,21,22);2*1-2H3/b16-13+;;. The highest BCUT2D eigenvalue weighted by molar-refractivity contribution is 8.05. The van der Waals surface area contributed by atoms with Crippen molar-refractivity contribution in [2.75, 3.05) is 5.32 Å². The van der Waals surface area contributed by atoms with Crippen LogP contribution in [-0.4, -0.2) is 5.91 Å². The lowest BCUT2D eigenvalue weighted by Gasteiger charge is -2.08. The highest BCUT2D eigenvalue weighted by Crippen LogP contribution is 2.24. The summed E-state index contributed by atoms with van der Waals surface area (Å²) in [5, 5.41) is 5.03. The molecular weight excluding hydrogens is 350 g/mol.